The minimum Gasteiger partial charge on any atom is -0.481 e. The number of aromatic nitrogens is 1. The zero-order valence-corrected chi connectivity index (χ0v) is 9.83. The average molecular weight is 253 g/mol. The maximum absolute atomic E-state index is 13.7. The first kappa shape index (κ1) is 11.7. The van der Waals surface area contributed by atoms with Crippen LogP contribution in [0.2, 0.25) is 5.02 Å². The topological polar surface area (TPSA) is 48.1 Å². The van der Waals surface area contributed by atoms with Crippen molar-refractivity contribution in [2.24, 2.45) is 0 Å². The molecule has 0 fully saturated rings. The first-order valence-electron chi connectivity index (χ1n) is 4.86. The molecule has 0 bridgehead atoms. The molecular formula is C12H10ClFN2O. The number of nitrogen functional groups attached to an aromatic ring is 1. The van der Waals surface area contributed by atoms with Crippen LogP contribution in [0.5, 0.6) is 5.88 Å². The van der Waals surface area contributed by atoms with Crippen molar-refractivity contribution in [2.45, 2.75) is 0 Å². The first-order chi connectivity index (χ1) is 8.11. The fraction of sp³-hybridized carbons (Fsp3) is 0.0833. The average Bonchev–Trinajstić information content (AvgIpc) is 2.32. The maximum Gasteiger partial charge on any atom is 0.221 e. The Balaban J connectivity index is 2.66. The van der Waals surface area contributed by atoms with E-state index in [2.05, 4.69) is 4.98 Å². The quantitative estimate of drug-likeness (QED) is 0.893. The summed E-state index contributed by atoms with van der Waals surface area (Å²) in [6.07, 6.45) is 1.45. The second-order valence-corrected chi connectivity index (χ2v) is 3.89. The van der Waals surface area contributed by atoms with E-state index in [0.717, 1.165) is 0 Å². The fourth-order valence-corrected chi connectivity index (χ4v) is 1.70. The summed E-state index contributed by atoms with van der Waals surface area (Å²) in [5.41, 5.74) is 6.86. The van der Waals surface area contributed by atoms with Crippen molar-refractivity contribution in [3.05, 3.63) is 41.3 Å². The number of nitrogens with zero attached hydrogens (tertiary/aromatic N) is 1. The smallest absolute Gasteiger partial charge is 0.221 e. The van der Waals surface area contributed by atoms with Gasteiger partial charge in [-0.15, -0.1) is 0 Å². The molecule has 0 radical (unpaired) electrons. The van der Waals surface area contributed by atoms with E-state index in [9.17, 15) is 4.39 Å². The Morgan fingerprint density at radius 2 is 2.06 bits per heavy atom. The van der Waals surface area contributed by atoms with Crippen LogP contribution in [0.15, 0.2) is 30.5 Å². The molecule has 2 rings (SSSR count). The molecule has 88 valence electrons. The highest BCUT2D eigenvalue weighted by molar-refractivity contribution is 6.30. The Kier molecular flexibility index (Phi) is 3.15. The summed E-state index contributed by atoms with van der Waals surface area (Å²) >= 11 is 5.84. The van der Waals surface area contributed by atoms with Crippen molar-refractivity contribution in [1.29, 1.82) is 0 Å². The molecule has 3 nitrogen and oxygen atoms in total. The number of nitrogens with two attached hydrogens (primary N) is 1. The highest BCUT2D eigenvalue weighted by Crippen LogP contribution is 2.33. The highest BCUT2D eigenvalue weighted by Gasteiger charge is 2.12. The molecule has 0 saturated heterocycles. The van der Waals surface area contributed by atoms with Gasteiger partial charge < -0.3 is 10.5 Å². The normalized spacial score (nSPS) is 10.3. The molecule has 1 aromatic carbocycles. The van der Waals surface area contributed by atoms with Crippen LogP contribution in [0, 0.1) is 5.82 Å². The molecular weight excluding hydrogens is 243 g/mol. The van der Waals surface area contributed by atoms with Gasteiger partial charge in [-0.2, -0.15) is 0 Å². The van der Waals surface area contributed by atoms with Crippen LogP contribution in [-0.4, -0.2) is 12.1 Å². The molecule has 0 aliphatic heterocycles. The van der Waals surface area contributed by atoms with Gasteiger partial charge in [0.1, 0.15) is 5.82 Å². The summed E-state index contributed by atoms with van der Waals surface area (Å²) in [6, 6.07) is 5.88. The third-order valence-electron chi connectivity index (χ3n) is 2.28. The first-order valence-corrected chi connectivity index (χ1v) is 5.24. The lowest BCUT2D eigenvalue weighted by atomic mass is 10.1. The van der Waals surface area contributed by atoms with E-state index in [4.69, 9.17) is 22.1 Å². The molecule has 0 saturated carbocycles. The van der Waals surface area contributed by atoms with E-state index < -0.39 is 5.82 Å². The van der Waals surface area contributed by atoms with E-state index >= 15 is 0 Å². The molecule has 0 spiro atoms. The summed E-state index contributed by atoms with van der Waals surface area (Å²) < 4.78 is 18.8. The Hall–Kier alpha value is -1.81. The van der Waals surface area contributed by atoms with Crippen molar-refractivity contribution < 1.29 is 9.13 Å². The van der Waals surface area contributed by atoms with Crippen LogP contribution in [0.3, 0.4) is 0 Å². The standard InChI is InChI=1S/C12H10ClFN2O/c1-17-12-10(5-8(15)6-16-12)9-4-7(13)2-3-11(9)14/h2-6H,15H2,1H3. The number of halogens is 2. The molecule has 0 atom stereocenters. The Bertz CT molecular complexity index is 560. The van der Waals surface area contributed by atoms with E-state index in [1.807, 2.05) is 0 Å². The number of anilines is 1. The second kappa shape index (κ2) is 4.59. The maximum atomic E-state index is 13.7. The van der Waals surface area contributed by atoms with Gasteiger partial charge in [0, 0.05) is 16.1 Å². The van der Waals surface area contributed by atoms with Gasteiger partial charge in [0.15, 0.2) is 0 Å². The summed E-state index contributed by atoms with van der Waals surface area (Å²) in [5.74, 6) is -0.0968. The van der Waals surface area contributed by atoms with Crippen molar-refractivity contribution in [3.63, 3.8) is 0 Å². The van der Waals surface area contributed by atoms with Gasteiger partial charge in [0.25, 0.3) is 0 Å². The summed E-state index contributed by atoms with van der Waals surface area (Å²) in [6.45, 7) is 0. The van der Waals surface area contributed by atoms with Gasteiger partial charge in [-0.25, -0.2) is 9.37 Å². The summed E-state index contributed by atoms with van der Waals surface area (Å²) in [5, 5.41) is 0.436. The molecule has 5 heteroatoms. The van der Waals surface area contributed by atoms with Crippen LogP contribution in [-0.2, 0) is 0 Å². The van der Waals surface area contributed by atoms with Gasteiger partial charge in [-0.05, 0) is 24.3 Å². The lowest BCUT2D eigenvalue weighted by Crippen LogP contribution is -1.96. The Morgan fingerprint density at radius 1 is 1.29 bits per heavy atom. The third kappa shape index (κ3) is 2.31. The minimum absolute atomic E-state index is 0.306. The monoisotopic (exact) mass is 252 g/mol. The second-order valence-electron chi connectivity index (χ2n) is 3.45. The highest BCUT2D eigenvalue weighted by atomic mass is 35.5. The number of methoxy groups -OCH3 is 1. The van der Waals surface area contributed by atoms with Gasteiger partial charge in [-0.1, -0.05) is 11.6 Å². The predicted octanol–water partition coefficient (Wildman–Crippen LogP) is 3.13. The molecule has 1 heterocycles. The largest absolute Gasteiger partial charge is 0.481 e. The van der Waals surface area contributed by atoms with Crippen LogP contribution in [0.25, 0.3) is 11.1 Å². The number of hydrogen-bond acceptors (Lipinski definition) is 3. The number of rotatable bonds is 2. The fourth-order valence-electron chi connectivity index (χ4n) is 1.53. The van der Waals surface area contributed by atoms with Crippen molar-refractivity contribution >= 4 is 17.3 Å². The Labute approximate surface area is 103 Å². The van der Waals surface area contributed by atoms with Crippen molar-refractivity contribution in [1.82, 2.24) is 4.98 Å². The van der Waals surface area contributed by atoms with Gasteiger partial charge in [-0.3, -0.25) is 0 Å². The zero-order valence-electron chi connectivity index (χ0n) is 9.08. The molecule has 2 N–H and O–H groups in total. The molecule has 0 amide bonds. The van der Waals surface area contributed by atoms with E-state index in [-0.39, 0.29) is 0 Å². The van der Waals surface area contributed by atoms with Crippen LogP contribution in [0.1, 0.15) is 0 Å². The van der Waals surface area contributed by atoms with E-state index in [0.29, 0.717) is 27.7 Å². The van der Waals surface area contributed by atoms with Crippen LogP contribution < -0.4 is 10.5 Å². The number of benzene rings is 1. The summed E-state index contributed by atoms with van der Waals surface area (Å²) in [7, 11) is 1.46. The lowest BCUT2D eigenvalue weighted by Gasteiger charge is -2.09. The minimum atomic E-state index is -0.403. The van der Waals surface area contributed by atoms with Gasteiger partial charge in [0.05, 0.1) is 19.0 Å². The molecule has 2 aromatic rings. The van der Waals surface area contributed by atoms with Crippen molar-refractivity contribution in [3.8, 4) is 17.0 Å². The van der Waals surface area contributed by atoms with E-state index in [1.54, 1.807) is 6.07 Å². The molecule has 0 aliphatic rings. The number of hydrogen-bond donors (Lipinski definition) is 1. The number of pyridine rings is 1. The number of ether oxygens (including phenoxy) is 1. The van der Waals surface area contributed by atoms with Crippen LogP contribution >= 0.6 is 11.6 Å². The summed E-state index contributed by atoms with van der Waals surface area (Å²) in [4.78, 5) is 3.99. The molecule has 17 heavy (non-hydrogen) atoms. The third-order valence-corrected chi connectivity index (χ3v) is 2.52. The molecule has 1 aromatic heterocycles. The zero-order chi connectivity index (χ0) is 12.4. The van der Waals surface area contributed by atoms with Gasteiger partial charge >= 0.3 is 0 Å². The van der Waals surface area contributed by atoms with E-state index in [1.165, 1.54) is 31.5 Å². The molecule has 0 unspecified atom stereocenters. The van der Waals surface area contributed by atoms with Crippen molar-refractivity contribution in [2.75, 3.05) is 12.8 Å². The van der Waals surface area contributed by atoms with Gasteiger partial charge in [0.2, 0.25) is 5.88 Å². The SMILES string of the molecule is COc1ncc(N)cc1-c1cc(Cl)ccc1F. The van der Waals surface area contributed by atoms with Crippen LogP contribution in [0.4, 0.5) is 10.1 Å². The predicted molar refractivity (Wildman–Crippen MR) is 65.6 cm³/mol. The molecule has 0 aliphatic carbocycles. The lowest BCUT2D eigenvalue weighted by molar-refractivity contribution is 0.399. The Morgan fingerprint density at radius 3 is 2.76 bits per heavy atom.